The van der Waals surface area contributed by atoms with E-state index >= 15 is 0 Å². The molecule has 6 rings (SSSR count). The number of carbonyl (C=O) groups excluding carboxylic acids is 2. The zero-order valence-electron chi connectivity index (χ0n) is 18.5. The van der Waals surface area contributed by atoms with E-state index in [0.29, 0.717) is 16.9 Å². The monoisotopic (exact) mass is 462 g/mol. The number of anilines is 1. The van der Waals surface area contributed by atoms with E-state index in [1.54, 1.807) is 24.7 Å². The second kappa shape index (κ2) is 8.03. The highest BCUT2D eigenvalue weighted by Gasteiger charge is 2.26. The minimum atomic E-state index is -0.495. The van der Waals surface area contributed by atoms with Gasteiger partial charge in [-0.3, -0.25) is 9.59 Å². The van der Waals surface area contributed by atoms with Crippen LogP contribution in [-0.4, -0.2) is 45.8 Å². The molecule has 35 heavy (non-hydrogen) atoms. The summed E-state index contributed by atoms with van der Waals surface area (Å²) in [6, 6.07) is 18.5. The summed E-state index contributed by atoms with van der Waals surface area (Å²) in [7, 11) is 1.88. The Hall–Kier alpha value is -5.12. The van der Waals surface area contributed by atoms with Gasteiger partial charge in [-0.15, -0.1) is 15.0 Å². The zero-order valence-corrected chi connectivity index (χ0v) is 18.5. The maximum atomic E-state index is 13.7. The van der Waals surface area contributed by atoms with Crippen molar-refractivity contribution in [2.75, 3.05) is 5.32 Å². The molecule has 0 saturated heterocycles. The first kappa shape index (κ1) is 20.5. The Bertz CT molecular complexity index is 1730. The van der Waals surface area contributed by atoms with E-state index in [1.807, 2.05) is 66.2 Å². The number of hydrogen-bond acceptors (Lipinski definition) is 6. The van der Waals surface area contributed by atoms with Crippen LogP contribution in [0.3, 0.4) is 0 Å². The van der Waals surface area contributed by atoms with E-state index < -0.39 is 5.91 Å². The van der Waals surface area contributed by atoms with Crippen molar-refractivity contribution in [3.05, 3.63) is 102 Å². The maximum Gasteiger partial charge on any atom is 0.262 e. The summed E-state index contributed by atoms with van der Waals surface area (Å²) in [5.41, 5.74) is 2.71. The number of aryl methyl sites for hydroxylation is 1. The number of fused-ring (bicyclic) bond motifs is 2. The highest BCUT2D eigenvalue weighted by molar-refractivity contribution is 6.19. The van der Waals surface area contributed by atoms with Crippen LogP contribution in [0.15, 0.2) is 85.5 Å². The molecular weight excluding hydrogens is 444 g/mol. The van der Waals surface area contributed by atoms with Crippen molar-refractivity contribution in [2.24, 2.45) is 7.05 Å². The standard InChI is InChI=1S/C25H18N8O2/c1-31-15-19(17-10-5-6-11-20(17)31)22(34)21-23(30-33(29-21)16-8-3-2-4-9-16)28-25(35)18-14-27-32-13-7-12-26-24(18)32/h2-15H,1H3,(H,28,30,35). The first-order valence-electron chi connectivity index (χ1n) is 10.8. The molecule has 0 spiro atoms. The molecule has 0 unspecified atom stereocenters. The highest BCUT2D eigenvalue weighted by Crippen LogP contribution is 2.25. The van der Waals surface area contributed by atoms with E-state index in [2.05, 4.69) is 25.6 Å². The van der Waals surface area contributed by atoms with Gasteiger partial charge in [-0.2, -0.15) is 5.10 Å². The summed E-state index contributed by atoms with van der Waals surface area (Å²) >= 11 is 0. The molecule has 0 radical (unpaired) electrons. The molecule has 170 valence electrons. The molecule has 10 heteroatoms. The number of carbonyl (C=O) groups is 2. The lowest BCUT2D eigenvalue weighted by atomic mass is 10.1. The van der Waals surface area contributed by atoms with Gasteiger partial charge in [0.05, 0.1) is 11.9 Å². The molecule has 1 amide bonds. The molecular formula is C25H18N8O2. The lowest BCUT2D eigenvalue weighted by Gasteiger charge is -2.02. The minimum absolute atomic E-state index is 0.0305. The van der Waals surface area contributed by atoms with Crippen molar-refractivity contribution in [1.82, 2.24) is 34.2 Å². The van der Waals surface area contributed by atoms with Gasteiger partial charge < -0.3 is 9.88 Å². The van der Waals surface area contributed by atoms with Crippen LogP contribution < -0.4 is 5.32 Å². The maximum absolute atomic E-state index is 13.7. The molecule has 6 aromatic rings. The van der Waals surface area contributed by atoms with Gasteiger partial charge in [0.25, 0.3) is 5.91 Å². The van der Waals surface area contributed by atoms with Crippen LogP contribution in [0.2, 0.25) is 0 Å². The van der Waals surface area contributed by atoms with Crippen LogP contribution in [0.1, 0.15) is 26.4 Å². The number of rotatable bonds is 5. The predicted molar refractivity (Wildman–Crippen MR) is 129 cm³/mol. The first-order valence-corrected chi connectivity index (χ1v) is 10.8. The van der Waals surface area contributed by atoms with Crippen LogP contribution in [0, 0.1) is 0 Å². The van der Waals surface area contributed by atoms with Crippen LogP contribution in [0.4, 0.5) is 5.82 Å². The van der Waals surface area contributed by atoms with Gasteiger partial charge in [-0.25, -0.2) is 9.50 Å². The van der Waals surface area contributed by atoms with Gasteiger partial charge in [0.1, 0.15) is 5.56 Å². The third-order valence-electron chi connectivity index (χ3n) is 5.71. The summed E-state index contributed by atoms with van der Waals surface area (Å²) in [6.45, 7) is 0. The van der Waals surface area contributed by atoms with E-state index in [1.165, 1.54) is 15.5 Å². The third kappa shape index (κ3) is 3.44. The number of para-hydroxylation sites is 2. The van der Waals surface area contributed by atoms with Crippen LogP contribution >= 0.6 is 0 Å². The largest absolute Gasteiger partial charge is 0.350 e. The third-order valence-corrected chi connectivity index (χ3v) is 5.71. The molecule has 0 saturated carbocycles. The summed E-state index contributed by atoms with van der Waals surface area (Å²) in [5.74, 6) is -0.796. The second-order valence-electron chi connectivity index (χ2n) is 7.92. The summed E-state index contributed by atoms with van der Waals surface area (Å²) < 4.78 is 3.38. The van der Waals surface area contributed by atoms with Gasteiger partial charge in [-0.1, -0.05) is 36.4 Å². The lowest BCUT2D eigenvalue weighted by molar-refractivity contribution is 0.102. The summed E-state index contributed by atoms with van der Waals surface area (Å²) in [4.78, 5) is 32.4. The Balaban J connectivity index is 1.45. The highest BCUT2D eigenvalue weighted by atomic mass is 16.2. The smallest absolute Gasteiger partial charge is 0.262 e. The van der Waals surface area contributed by atoms with Crippen LogP contribution in [0.5, 0.6) is 0 Å². The van der Waals surface area contributed by atoms with Gasteiger partial charge in [0.15, 0.2) is 17.2 Å². The zero-order chi connectivity index (χ0) is 23.9. The minimum Gasteiger partial charge on any atom is -0.350 e. The normalized spacial score (nSPS) is 11.2. The number of aromatic nitrogens is 7. The van der Waals surface area contributed by atoms with Crippen molar-refractivity contribution < 1.29 is 9.59 Å². The molecule has 0 aliphatic carbocycles. The Kier molecular flexibility index (Phi) is 4.70. The predicted octanol–water partition coefficient (Wildman–Crippen LogP) is 3.29. The average Bonchev–Trinajstić information content (AvgIpc) is 3.60. The molecule has 0 bridgehead atoms. The molecule has 10 nitrogen and oxygen atoms in total. The topological polar surface area (TPSA) is 112 Å². The summed E-state index contributed by atoms with van der Waals surface area (Å²) in [5, 5.41) is 16.6. The number of benzene rings is 2. The Morgan fingerprint density at radius 3 is 2.57 bits per heavy atom. The van der Waals surface area contributed by atoms with Crippen molar-refractivity contribution in [3.63, 3.8) is 0 Å². The first-order chi connectivity index (χ1) is 17.1. The summed E-state index contributed by atoms with van der Waals surface area (Å²) in [6.07, 6.45) is 6.45. The van der Waals surface area contributed by atoms with Crippen molar-refractivity contribution in [2.45, 2.75) is 0 Å². The van der Waals surface area contributed by atoms with Gasteiger partial charge in [0.2, 0.25) is 5.78 Å². The molecule has 0 fully saturated rings. The number of hydrogen-bond donors (Lipinski definition) is 1. The number of ketones is 1. The molecule has 2 aromatic carbocycles. The number of amides is 1. The number of nitrogens with zero attached hydrogens (tertiary/aromatic N) is 7. The number of nitrogens with one attached hydrogen (secondary N) is 1. The van der Waals surface area contributed by atoms with E-state index in [0.717, 1.165) is 10.9 Å². The van der Waals surface area contributed by atoms with Crippen LogP contribution in [0.25, 0.3) is 22.2 Å². The van der Waals surface area contributed by atoms with Gasteiger partial charge in [-0.05, 0) is 24.3 Å². The lowest BCUT2D eigenvalue weighted by Crippen LogP contribution is -2.15. The van der Waals surface area contributed by atoms with Gasteiger partial charge >= 0.3 is 0 Å². The molecule has 4 aromatic heterocycles. The SMILES string of the molecule is Cn1cc(C(=O)c2nn(-c3ccccc3)nc2NC(=O)c2cnn3cccnc23)c2ccccc21. The van der Waals surface area contributed by atoms with E-state index in [-0.39, 0.29) is 22.9 Å². The Labute approximate surface area is 198 Å². The van der Waals surface area contributed by atoms with Crippen molar-refractivity contribution >= 4 is 34.1 Å². The Morgan fingerprint density at radius 2 is 1.71 bits per heavy atom. The van der Waals surface area contributed by atoms with E-state index in [4.69, 9.17) is 0 Å². The van der Waals surface area contributed by atoms with Crippen molar-refractivity contribution in [3.8, 4) is 5.69 Å². The molecule has 0 atom stereocenters. The van der Waals surface area contributed by atoms with Gasteiger partial charge in [0, 0.05) is 42.1 Å². The molecule has 1 N–H and O–H groups in total. The van der Waals surface area contributed by atoms with Crippen molar-refractivity contribution in [1.29, 1.82) is 0 Å². The fourth-order valence-electron chi connectivity index (χ4n) is 4.03. The quantitative estimate of drug-likeness (QED) is 0.394. The Morgan fingerprint density at radius 1 is 0.914 bits per heavy atom. The average molecular weight is 462 g/mol. The molecule has 4 heterocycles. The fourth-order valence-corrected chi connectivity index (χ4v) is 4.03. The molecule has 0 aliphatic rings. The fraction of sp³-hybridized carbons (Fsp3) is 0.0400. The molecule has 0 aliphatic heterocycles. The second-order valence-corrected chi connectivity index (χ2v) is 7.92. The van der Waals surface area contributed by atoms with Crippen LogP contribution in [-0.2, 0) is 7.05 Å². The van der Waals surface area contributed by atoms with E-state index in [9.17, 15) is 9.59 Å².